The second-order valence-electron chi connectivity index (χ2n) is 7.83. The van der Waals surface area contributed by atoms with Crippen molar-refractivity contribution in [2.24, 2.45) is 0 Å². The zero-order chi connectivity index (χ0) is 20.1. The van der Waals surface area contributed by atoms with Crippen LogP contribution in [0.2, 0.25) is 0 Å². The molecular formula is C23H30N3O2+. The van der Waals surface area contributed by atoms with Crippen LogP contribution in [0.15, 0.2) is 48.5 Å². The number of anilines is 1. The van der Waals surface area contributed by atoms with Crippen LogP contribution in [0.3, 0.4) is 0 Å². The quantitative estimate of drug-likeness (QED) is 0.805. The van der Waals surface area contributed by atoms with Crippen molar-refractivity contribution in [3.63, 3.8) is 0 Å². The average Bonchev–Trinajstić information content (AvgIpc) is 2.69. The van der Waals surface area contributed by atoms with Gasteiger partial charge in [-0.05, 0) is 37.5 Å². The van der Waals surface area contributed by atoms with Gasteiger partial charge >= 0.3 is 0 Å². The van der Waals surface area contributed by atoms with Crippen molar-refractivity contribution in [3.8, 4) is 0 Å². The predicted molar refractivity (Wildman–Crippen MR) is 111 cm³/mol. The fourth-order valence-electron chi connectivity index (χ4n) is 3.90. The molecule has 3 rings (SSSR count). The van der Waals surface area contributed by atoms with Crippen LogP contribution in [0, 0.1) is 6.92 Å². The molecule has 1 unspecified atom stereocenters. The summed E-state index contributed by atoms with van der Waals surface area (Å²) in [7, 11) is 3.77. The molecule has 0 saturated carbocycles. The first-order valence-corrected chi connectivity index (χ1v) is 9.94. The number of likely N-dealkylation sites (N-methyl/N-ethyl adjacent to an activating group) is 2. The summed E-state index contributed by atoms with van der Waals surface area (Å²) in [4.78, 5) is 27.6. The lowest BCUT2D eigenvalue weighted by Gasteiger charge is -2.31. The lowest BCUT2D eigenvalue weighted by atomic mass is 9.87. The van der Waals surface area contributed by atoms with Crippen LogP contribution in [-0.2, 0) is 16.0 Å². The molecule has 0 aliphatic heterocycles. The fraction of sp³-hybridized carbons (Fsp3) is 0.391. The van der Waals surface area contributed by atoms with E-state index >= 15 is 0 Å². The molecule has 5 nitrogen and oxygen atoms in total. The van der Waals surface area contributed by atoms with Crippen LogP contribution in [-0.4, -0.2) is 43.9 Å². The van der Waals surface area contributed by atoms with E-state index < -0.39 is 0 Å². The molecule has 2 aromatic rings. The van der Waals surface area contributed by atoms with Crippen molar-refractivity contribution < 1.29 is 14.5 Å². The van der Waals surface area contributed by atoms with E-state index in [9.17, 15) is 9.59 Å². The highest BCUT2D eigenvalue weighted by Crippen LogP contribution is 2.27. The Morgan fingerprint density at radius 2 is 1.86 bits per heavy atom. The molecule has 2 N–H and O–H groups in total. The molecule has 0 heterocycles. The van der Waals surface area contributed by atoms with Crippen molar-refractivity contribution in [3.05, 3.63) is 65.2 Å². The number of nitrogens with one attached hydrogen (secondary N) is 2. The first-order valence-electron chi connectivity index (χ1n) is 9.94. The van der Waals surface area contributed by atoms with Crippen LogP contribution >= 0.6 is 0 Å². The number of hydrogen-bond donors (Lipinski definition) is 2. The van der Waals surface area contributed by atoms with Crippen LogP contribution < -0.4 is 10.2 Å². The topological polar surface area (TPSA) is 53.9 Å². The van der Waals surface area contributed by atoms with E-state index in [2.05, 4.69) is 36.6 Å². The third kappa shape index (κ3) is 4.98. The first kappa shape index (κ1) is 20.1. The molecule has 0 radical (unpaired) electrons. The predicted octanol–water partition coefficient (Wildman–Crippen LogP) is 1.98. The molecule has 1 aliphatic rings. The zero-order valence-corrected chi connectivity index (χ0v) is 17.0. The first-order chi connectivity index (χ1) is 13.4. The summed E-state index contributed by atoms with van der Waals surface area (Å²) in [5.41, 5.74) is 4.65. The normalized spacial score (nSPS) is 16.8. The lowest BCUT2D eigenvalue weighted by molar-refractivity contribution is -0.905. The van der Waals surface area contributed by atoms with Gasteiger partial charge in [-0.25, -0.2) is 0 Å². The average molecular weight is 381 g/mol. The molecule has 2 aromatic carbocycles. The van der Waals surface area contributed by atoms with Crippen molar-refractivity contribution in [2.45, 2.75) is 32.2 Å². The third-order valence-electron chi connectivity index (χ3n) is 5.54. The van der Waals surface area contributed by atoms with E-state index in [1.807, 2.05) is 31.2 Å². The van der Waals surface area contributed by atoms with Crippen molar-refractivity contribution >= 4 is 17.5 Å². The Labute approximate surface area is 167 Å². The third-order valence-corrected chi connectivity index (χ3v) is 5.54. The molecule has 0 bridgehead atoms. The number of quaternary nitrogens is 1. The molecule has 2 amide bonds. The molecule has 0 saturated heterocycles. The number of hydrogen-bond acceptors (Lipinski definition) is 2. The van der Waals surface area contributed by atoms with E-state index in [1.165, 1.54) is 20.9 Å². The number of aryl methyl sites for hydroxylation is 2. The van der Waals surface area contributed by atoms with Gasteiger partial charge in [0, 0.05) is 24.7 Å². The van der Waals surface area contributed by atoms with E-state index in [4.69, 9.17) is 0 Å². The fourth-order valence-corrected chi connectivity index (χ4v) is 3.90. The summed E-state index contributed by atoms with van der Waals surface area (Å²) >= 11 is 0. The molecule has 148 valence electrons. The van der Waals surface area contributed by atoms with Gasteiger partial charge in [-0.3, -0.25) is 9.59 Å². The van der Waals surface area contributed by atoms with Crippen molar-refractivity contribution in [2.75, 3.05) is 32.5 Å². The number of amides is 2. The minimum atomic E-state index is -0.180. The Morgan fingerprint density at radius 3 is 2.61 bits per heavy atom. The number of rotatable bonds is 6. The maximum Gasteiger partial charge on any atom is 0.277 e. The standard InChI is InChI=1S/C23H29N3O2/c1-17-11-13-19(14-12-17)24-22(27)15-26(3)23(28)16-25(2)21-10-6-8-18-7-4-5-9-20(18)21/h4-5,7,9,11-14,21H,6,8,10,15-16H2,1-3H3,(H,24,27)/p+1/t21-/m1/s1. The molecule has 28 heavy (non-hydrogen) atoms. The van der Waals surface area contributed by atoms with E-state index in [0.29, 0.717) is 12.6 Å². The van der Waals surface area contributed by atoms with Gasteiger partial charge in [-0.1, -0.05) is 42.0 Å². The molecule has 0 fully saturated rings. The smallest absolute Gasteiger partial charge is 0.277 e. The summed E-state index contributed by atoms with van der Waals surface area (Å²) in [5, 5.41) is 2.84. The molecule has 0 spiro atoms. The minimum Gasteiger partial charge on any atom is -0.332 e. The van der Waals surface area contributed by atoms with E-state index in [0.717, 1.165) is 30.5 Å². The van der Waals surface area contributed by atoms with Gasteiger partial charge in [0.25, 0.3) is 5.91 Å². The summed E-state index contributed by atoms with van der Waals surface area (Å²) < 4.78 is 0. The Morgan fingerprint density at radius 1 is 1.14 bits per heavy atom. The molecule has 5 heteroatoms. The van der Waals surface area contributed by atoms with Gasteiger partial charge in [0.2, 0.25) is 5.91 Å². The summed E-state index contributed by atoms with van der Waals surface area (Å²) in [6, 6.07) is 16.5. The summed E-state index contributed by atoms with van der Waals surface area (Å²) in [6.45, 7) is 2.44. The van der Waals surface area contributed by atoms with E-state index in [1.54, 1.807) is 7.05 Å². The zero-order valence-electron chi connectivity index (χ0n) is 17.0. The number of carbonyl (C=O) groups is 2. The monoisotopic (exact) mass is 380 g/mol. The SMILES string of the molecule is Cc1ccc(NC(=O)CN(C)C(=O)C[NH+](C)[C@@H]2CCCc3ccccc32)cc1. The highest BCUT2D eigenvalue weighted by atomic mass is 16.2. The van der Waals surface area contributed by atoms with E-state index in [-0.39, 0.29) is 18.4 Å². The Balaban J connectivity index is 1.54. The highest BCUT2D eigenvalue weighted by Gasteiger charge is 2.29. The summed E-state index contributed by atoms with van der Waals surface area (Å²) in [6.07, 6.45) is 3.36. The molecule has 1 aliphatic carbocycles. The molecule has 0 aromatic heterocycles. The minimum absolute atomic E-state index is 0.0142. The number of nitrogens with zero attached hydrogens (tertiary/aromatic N) is 1. The van der Waals surface area contributed by atoms with Crippen LogP contribution in [0.25, 0.3) is 0 Å². The number of fused-ring (bicyclic) bond motifs is 1. The van der Waals surface area contributed by atoms with Crippen molar-refractivity contribution in [1.82, 2.24) is 4.90 Å². The van der Waals surface area contributed by atoms with Crippen LogP contribution in [0.4, 0.5) is 5.69 Å². The number of carbonyl (C=O) groups excluding carboxylic acids is 2. The van der Waals surface area contributed by atoms with Gasteiger partial charge in [0.05, 0.1) is 13.6 Å². The Hall–Kier alpha value is -2.66. The molecule has 2 atom stereocenters. The van der Waals surface area contributed by atoms with Gasteiger partial charge in [0.1, 0.15) is 6.04 Å². The van der Waals surface area contributed by atoms with Gasteiger partial charge in [-0.2, -0.15) is 0 Å². The second kappa shape index (κ2) is 9.02. The summed E-state index contributed by atoms with van der Waals surface area (Å²) in [5.74, 6) is -0.194. The maximum atomic E-state index is 12.7. The molecular weight excluding hydrogens is 350 g/mol. The van der Waals surface area contributed by atoms with Crippen molar-refractivity contribution in [1.29, 1.82) is 0 Å². The van der Waals surface area contributed by atoms with Gasteiger partial charge in [-0.15, -0.1) is 0 Å². The largest absolute Gasteiger partial charge is 0.332 e. The highest BCUT2D eigenvalue weighted by molar-refractivity contribution is 5.94. The van der Waals surface area contributed by atoms with Gasteiger partial charge < -0.3 is 15.1 Å². The second-order valence-corrected chi connectivity index (χ2v) is 7.83. The maximum absolute atomic E-state index is 12.7. The Bertz CT molecular complexity index is 832. The lowest BCUT2D eigenvalue weighted by Crippen LogP contribution is -3.10. The number of benzene rings is 2. The van der Waals surface area contributed by atoms with Gasteiger partial charge in [0.15, 0.2) is 6.54 Å². The van der Waals surface area contributed by atoms with Crippen LogP contribution in [0.5, 0.6) is 0 Å². The Kier molecular flexibility index (Phi) is 6.47. The van der Waals surface area contributed by atoms with Crippen LogP contribution in [0.1, 0.15) is 35.6 Å².